The van der Waals surface area contributed by atoms with Crippen LogP contribution < -0.4 is 0 Å². The van der Waals surface area contributed by atoms with E-state index in [2.05, 4.69) is 62.4 Å². The molecule has 0 aromatic carbocycles. The minimum absolute atomic E-state index is 0. The van der Waals surface area contributed by atoms with Gasteiger partial charge < -0.3 is 9.97 Å². The molecule has 0 saturated heterocycles. The minimum atomic E-state index is 0. The van der Waals surface area contributed by atoms with Gasteiger partial charge in [0.15, 0.2) is 0 Å². The first-order valence-electron chi connectivity index (χ1n) is 10.5. The Morgan fingerprint density at radius 1 is 0.516 bits per heavy atom. The summed E-state index contributed by atoms with van der Waals surface area (Å²) in [5.74, 6) is 0. The quantitative estimate of drug-likeness (QED) is 0.197. The van der Waals surface area contributed by atoms with Gasteiger partial charge in [0.25, 0.3) is 0 Å². The molecular weight excluding hydrogens is 563 g/mol. The third-order valence-corrected chi connectivity index (χ3v) is 5.20. The molecular formula is C26H24N4Pt+2. The van der Waals surface area contributed by atoms with Crippen molar-refractivity contribution in [3.05, 3.63) is 83.5 Å². The SMILES string of the molecule is C1=CCCCC1.C1=Cc2cc3ccc(cc4ccc(cc5nc(cc1n2)C=C5)[nH]4)[nH]3.[Pt+2]. The molecule has 3 aromatic heterocycles. The zero-order chi connectivity index (χ0) is 20.2. The van der Waals surface area contributed by atoms with Crippen molar-refractivity contribution in [3.63, 3.8) is 0 Å². The van der Waals surface area contributed by atoms with Gasteiger partial charge in [0.05, 0.1) is 22.8 Å². The van der Waals surface area contributed by atoms with E-state index in [1.165, 1.54) is 25.7 Å². The van der Waals surface area contributed by atoms with Crippen LogP contribution in [0.2, 0.25) is 0 Å². The number of nitrogens with one attached hydrogen (secondary N) is 2. The predicted octanol–water partition coefficient (Wildman–Crippen LogP) is 6.77. The van der Waals surface area contributed by atoms with Gasteiger partial charge in [0, 0.05) is 22.1 Å². The second-order valence-corrected chi connectivity index (χ2v) is 7.66. The summed E-state index contributed by atoms with van der Waals surface area (Å²) in [5, 5.41) is 0. The van der Waals surface area contributed by atoms with Crippen LogP contribution in [-0.4, -0.2) is 19.9 Å². The van der Waals surface area contributed by atoms with Gasteiger partial charge in [-0.1, -0.05) is 12.2 Å². The zero-order valence-corrected chi connectivity index (χ0v) is 19.4. The summed E-state index contributed by atoms with van der Waals surface area (Å²) < 4.78 is 0. The molecule has 0 fully saturated rings. The van der Waals surface area contributed by atoms with Gasteiger partial charge in [-0.3, -0.25) is 0 Å². The number of aromatic amines is 2. The van der Waals surface area contributed by atoms with Crippen LogP contribution in [0.15, 0.2) is 60.7 Å². The maximum absolute atomic E-state index is 4.62. The maximum Gasteiger partial charge on any atom is 2.00 e. The normalized spacial score (nSPS) is 13.9. The van der Waals surface area contributed by atoms with Gasteiger partial charge >= 0.3 is 21.1 Å². The maximum atomic E-state index is 4.62. The Morgan fingerprint density at radius 3 is 1.29 bits per heavy atom. The van der Waals surface area contributed by atoms with Gasteiger partial charge in [-0.2, -0.15) is 0 Å². The monoisotopic (exact) mass is 587 g/mol. The van der Waals surface area contributed by atoms with Crippen LogP contribution in [0.25, 0.3) is 46.4 Å². The summed E-state index contributed by atoms with van der Waals surface area (Å²) in [4.78, 5) is 16.0. The van der Waals surface area contributed by atoms with Gasteiger partial charge in [-0.25, -0.2) is 9.97 Å². The molecule has 5 heterocycles. The molecule has 2 N–H and O–H groups in total. The van der Waals surface area contributed by atoms with Crippen LogP contribution in [-0.2, 0) is 21.1 Å². The molecule has 0 unspecified atom stereocenters. The van der Waals surface area contributed by atoms with E-state index in [1.807, 2.05) is 42.5 Å². The fourth-order valence-electron chi connectivity index (χ4n) is 3.70. The molecule has 8 bridgehead atoms. The number of allylic oxidation sites excluding steroid dienone is 2. The molecule has 0 saturated carbocycles. The third kappa shape index (κ3) is 5.59. The number of aromatic nitrogens is 4. The van der Waals surface area contributed by atoms with Crippen LogP contribution in [0.5, 0.6) is 0 Å². The summed E-state index contributed by atoms with van der Waals surface area (Å²) >= 11 is 0. The van der Waals surface area contributed by atoms with Crippen molar-refractivity contribution in [1.29, 1.82) is 0 Å². The summed E-state index contributed by atoms with van der Waals surface area (Å²) in [6.07, 6.45) is 18.0. The Hall–Kier alpha value is -2.97. The van der Waals surface area contributed by atoms with E-state index in [0.29, 0.717) is 0 Å². The Balaban J connectivity index is 0.000000288. The molecule has 0 spiro atoms. The molecule has 31 heavy (non-hydrogen) atoms. The van der Waals surface area contributed by atoms with Crippen molar-refractivity contribution in [1.82, 2.24) is 19.9 Å². The minimum Gasteiger partial charge on any atom is -0.355 e. The van der Waals surface area contributed by atoms with Crippen LogP contribution in [0, 0.1) is 0 Å². The van der Waals surface area contributed by atoms with E-state index in [4.69, 9.17) is 0 Å². The van der Waals surface area contributed by atoms with Gasteiger partial charge in [-0.15, -0.1) is 0 Å². The Morgan fingerprint density at radius 2 is 0.903 bits per heavy atom. The van der Waals surface area contributed by atoms with Crippen LogP contribution >= 0.6 is 0 Å². The van der Waals surface area contributed by atoms with E-state index in [-0.39, 0.29) is 21.1 Å². The summed E-state index contributed by atoms with van der Waals surface area (Å²) in [5.41, 5.74) is 7.86. The summed E-state index contributed by atoms with van der Waals surface area (Å²) in [7, 11) is 0. The number of nitrogens with zero attached hydrogens (tertiary/aromatic N) is 2. The number of hydrogen-bond donors (Lipinski definition) is 2. The zero-order valence-electron chi connectivity index (χ0n) is 17.1. The van der Waals surface area contributed by atoms with Crippen molar-refractivity contribution >= 4 is 46.4 Å². The molecule has 3 aliphatic rings. The van der Waals surface area contributed by atoms with Crippen molar-refractivity contribution in [2.45, 2.75) is 25.7 Å². The molecule has 5 heteroatoms. The van der Waals surface area contributed by atoms with Gasteiger partial charge in [0.1, 0.15) is 0 Å². The van der Waals surface area contributed by atoms with Gasteiger partial charge in [0.2, 0.25) is 0 Å². The summed E-state index contributed by atoms with van der Waals surface area (Å²) in [6, 6.07) is 16.4. The Bertz CT molecular complexity index is 1210. The Kier molecular flexibility index (Phi) is 6.79. The average Bonchev–Trinajstić information content (AvgIpc) is 3.56. The first-order chi connectivity index (χ1) is 14.8. The van der Waals surface area contributed by atoms with Crippen molar-refractivity contribution in [3.8, 4) is 0 Å². The van der Waals surface area contributed by atoms with E-state index in [1.54, 1.807) is 0 Å². The fourth-order valence-corrected chi connectivity index (χ4v) is 3.70. The predicted molar refractivity (Wildman–Crippen MR) is 126 cm³/mol. The van der Waals surface area contributed by atoms with Crippen molar-refractivity contribution in [2.24, 2.45) is 0 Å². The van der Waals surface area contributed by atoms with Crippen LogP contribution in [0.4, 0.5) is 0 Å². The van der Waals surface area contributed by atoms with Crippen molar-refractivity contribution < 1.29 is 21.1 Å². The standard InChI is InChI=1S/C20H14N4.C6H10.Pt/c1-2-14-10-16-5-6-18(23-16)12-20-8-7-19(24-20)11-17-4-3-15(22-17)9-13(1)21-14;1-2-4-6-5-3-1;/h1-12,21-22H;1-2H,3-6H2;/q;;+2. The Labute approximate surface area is 196 Å². The first-order valence-corrected chi connectivity index (χ1v) is 10.5. The molecule has 3 aromatic rings. The first kappa shape index (κ1) is 21.3. The van der Waals surface area contributed by atoms with Crippen molar-refractivity contribution in [2.75, 3.05) is 0 Å². The molecule has 1 aliphatic carbocycles. The molecule has 156 valence electrons. The van der Waals surface area contributed by atoms with Gasteiger partial charge in [-0.05, 0) is 98.5 Å². The molecule has 0 radical (unpaired) electrons. The second-order valence-electron chi connectivity index (χ2n) is 7.66. The van der Waals surface area contributed by atoms with E-state index in [0.717, 1.165) is 44.8 Å². The van der Waals surface area contributed by atoms with Crippen LogP contribution in [0.3, 0.4) is 0 Å². The smallest absolute Gasteiger partial charge is 0.355 e. The molecule has 2 aliphatic heterocycles. The molecule has 6 rings (SSSR count). The topological polar surface area (TPSA) is 57.4 Å². The summed E-state index contributed by atoms with van der Waals surface area (Å²) in [6.45, 7) is 0. The van der Waals surface area contributed by atoms with Crippen LogP contribution in [0.1, 0.15) is 48.5 Å². The number of hydrogen-bond acceptors (Lipinski definition) is 2. The average molecular weight is 588 g/mol. The van der Waals surface area contributed by atoms with E-state index < -0.39 is 0 Å². The number of rotatable bonds is 0. The molecule has 4 nitrogen and oxygen atoms in total. The third-order valence-electron chi connectivity index (χ3n) is 5.20. The largest absolute Gasteiger partial charge is 2.00 e. The molecule has 0 amide bonds. The molecule has 0 atom stereocenters. The number of H-pyrrole nitrogens is 2. The number of fused-ring (bicyclic) bond motifs is 8. The van der Waals surface area contributed by atoms with E-state index in [9.17, 15) is 0 Å². The second kappa shape index (κ2) is 9.89. The fraction of sp³-hybridized carbons (Fsp3) is 0.154. The van der Waals surface area contributed by atoms with E-state index >= 15 is 0 Å².